The normalized spacial score (nSPS) is 10.3. The van der Waals surface area contributed by atoms with E-state index in [9.17, 15) is 18.0 Å². The highest BCUT2D eigenvalue weighted by atomic mass is 19.2. The van der Waals surface area contributed by atoms with Crippen LogP contribution in [0.25, 0.3) is 11.1 Å². The molecule has 0 saturated carbocycles. The van der Waals surface area contributed by atoms with E-state index in [2.05, 4.69) is 0 Å². The minimum absolute atomic E-state index is 0.0389. The summed E-state index contributed by atoms with van der Waals surface area (Å²) in [6, 6.07) is 9.02. The fourth-order valence-corrected chi connectivity index (χ4v) is 1.58. The van der Waals surface area contributed by atoms with Gasteiger partial charge in [0, 0.05) is 0 Å². The summed E-state index contributed by atoms with van der Waals surface area (Å²) >= 11 is 0. The second-order valence-electron chi connectivity index (χ2n) is 3.43. The summed E-state index contributed by atoms with van der Waals surface area (Å²) < 4.78 is 39.4. The van der Waals surface area contributed by atoms with Crippen LogP contribution in [-0.4, -0.2) is 6.29 Å². The lowest BCUT2D eigenvalue weighted by atomic mass is 9.99. The lowest BCUT2D eigenvalue weighted by Gasteiger charge is -2.07. The Bertz CT molecular complexity index is 565. The third-order valence-electron chi connectivity index (χ3n) is 2.40. The predicted octanol–water partition coefficient (Wildman–Crippen LogP) is 3.58. The third kappa shape index (κ3) is 1.93. The second kappa shape index (κ2) is 4.41. The lowest BCUT2D eigenvalue weighted by molar-refractivity contribution is 0.111. The molecule has 2 aromatic rings. The molecule has 0 amide bonds. The minimum atomic E-state index is -1.63. The van der Waals surface area contributed by atoms with Crippen LogP contribution in [-0.2, 0) is 0 Å². The number of carbonyl (C=O) groups is 1. The van der Waals surface area contributed by atoms with Crippen LogP contribution in [0.15, 0.2) is 36.4 Å². The molecule has 0 atom stereocenters. The van der Waals surface area contributed by atoms with Gasteiger partial charge in [0.25, 0.3) is 0 Å². The van der Waals surface area contributed by atoms with Crippen LogP contribution in [0.5, 0.6) is 0 Å². The first-order valence-corrected chi connectivity index (χ1v) is 4.83. The molecule has 0 bridgehead atoms. The summed E-state index contributed by atoms with van der Waals surface area (Å²) in [6.45, 7) is 0. The van der Waals surface area contributed by atoms with Crippen molar-refractivity contribution >= 4 is 6.29 Å². The van der Waals surface area contributed by atoms with E-state index in [1.54, 1.807) is 30.3 Å². The van der Waals surface area contributed by atoms with Gasteiger partial charge >= 0.3 is 0 Å². The van der Waals surface area contributed by atoms with Crippen molar-refractivity contribution in [2.24, 2.45) is 0 Å². The van der Waals surface area contributed by atoms with Crippen LogP contribution >= 0.6 is 0 Å². The predicted molar refractivity (Wildman–Crippen MR) is 57.1 cm³/mol. The molecule has 0 N–H and O–H groups in total. The van der Waals surface area contributed by atoms with Gasteiger partial charge in [-0.1, -0.05) is 30.3 Å². The van der Waals surface area contributed by atoms with E-state index >= 15 is 0 Å². The summed E-state index contributed by atoms with van der Waals surface area (Å²) in [6.07, 6.45) is 0.181. The van der Waals surface area contributed by atoms with Gasteiger partial charge in [0.15, 0.2) is 23.7 Å². The molecule has 0 aliphatic rings. The lowest BCUT2D eigenvalue weighted by Crippen LogP contribution is -2.00. The molecule has 0 aromatic heterocycles. The van der Waals surface area contributed by atoms with Crippen molar-refractivity contribution in [1.29, 1.82) is 0 Å². The Morgan fingerprint density at radius 3 is 2.18 bits per heavy atom. The van der Waals surface area contributed by atoms with Crippen molar-refractivity contribution in [3.8, 4) is 11.1 Å². The fraction of sp³-hybridized carbons (Fsp3) is 0. The van der Waals surface area contributed by atoms with Gasteiger partial charge in [-0.25, -0.2) is 13.2 Å². The standard InChI is InChI=1S/C13H7F3O/c14-11-6-9(8-4-2-1-3-5-8)10(7-17)12(15)13(11)16/h1-7H. The Labute approximate surface area is 95.5 Å². The van der Waals surface area contributed by atoms with Crippen molar-refractivity contribution in [3.05, 3.63) is 59.4 Å². The molecule has 0 aliphatic carbocycles. The number of hydrogen-bond donors (Lipinski definition) is 0. The molecule has 17 heavy (non-hydrogen) atoms. The highest BCUT2D eigenvalue weighted by molar-refractivity contribution is 5.87. The Kier molecular flexibility index (Phi) is 2.95. The molecule has 0 saturated heterocycles. The average Bonchev–Trinajstić information content (AvgIpc) is 2.36. The van der Waals surface area contributed by atoms with Crippen LogP contribution in [0, 0.1) is 17.5 Å². The molecule has 0 radical (unpaired) electrons. The summed E-state index contributed by atoms with van der Waals surface area (Å²) in [5, 5.41) is 0. The zero-order valence-electron chi connectivity index (χ0n) is 8.58. The SMILES string of the molecule is O=Cc1c(-c2ccccc2)cc(F)c(F)c1F. The number of rotatable bonds is 2. The molecule has 0 fully saturated rings. The molecular formula is C13H7F3O. The van der Waals surface area contributed by atoms with Gasteiger partial charge in [0.2, 0.25) is 0 Å². The number of carbonyl (C=O) groups excluding carboxylic acids is 1. The van der Waals surface area contributed by atoms with E-state index in [0.29, 0.717) is 5.56 Å². The largest absolute Gasteiger partial charge is 0.298 e. The summed E-state index contributed by atoms with van der Waals surface area (Å²) in [5.41, 5.74) is 0.0134. The van der Waals surface area contributed by atoms with Crippen molar-refractivity contribution in [2.75, 3.05) is 0 Å². The van der Waals surface area contributed by atoms with Crippen LogP contribution in [0.4, 0.5) is 13.2 Å². The highest BCUT2D eigenvalue weighted by Crippen LogP contribution is 2.27. The third-order valence-corrected chi connectivity index (χ3v) is 2.40. The molecular weight excluding hydrogens is 229 g/mol. The molecule has 86 valence electrons. The van der Waals surface area contributed by atoms with Crippen LogP contribution < -0.4 is 0 Å². The first-order valence-electron chi connectivity index (χ1n) is 4.83. The first-order chi connectivity index (χ1) is 8.15. The molecule has 0 heterocycles. The molecule has 2 rings (SSSR count). The average molecular weight is 236 g/mol. The Morgan fingerprint density at radius 2 is 1.59 bits per heavy atom. The van der Waals surface area contributed by atoms with Crippen LogP contribution in [0.2, 0.25) is 0 Å². The van der Waals surface area contributed by atoms with E-state index in [0.717, 1.165) is 6.07 Å². The van der Waals surface area contributed by atoms with E-state index in [4.69, 9.17) is 0 Å². The fourth-order valence-electron chi connectivity index (χ4n) is 1.58. The molecule has 0 spiro atoms. The van der Waals surface area contributed by atoms with Gasteiger partial charge in [0.1, 0.15) is 0 Å². The van der Waals surface area contributed by atoms with Crippen molar-refractivity contribution in [1.82, 2.24) is 0 Å². The van der Waals surface area contributed by atoms with E-state index in [1.165, 1.54) is 0 Å². The summed E-state index contributed by atoms with van der Waals surface area (Å²) in [5.74, 6) is -4.41. The van der Waals surface area contributed by atoms with Gasteiger partial charge < -0.3 is 0 Å². The number of halogens is 3. The van der Waals surface area contributed by atoms with Crippen molar-refractivity contribution in [3.63, 3.8) is 0 Å². The Hall–Kier alpha value is -2.10. The highest BCUT2D eigenvalue weighted by Gasteiger charge is 2.18. The first kappa shape index (κ1) is 11.4. The smallest absolute Gasteiger partial charge is 0.195 e. The topological polar surface area (TPSA) is 17.1 Å². The van der Waals surface area contributed by atoms with E-state index in [-0.39, 0.29) is 11.8 Å². The number of hydrogen-bond acceptors (Lipinski definition) is 1. The molecule has 1 nitrogen and oxygen atoms in total. The minimum Gasteiger partial charge on any atom is -0.298 e. The maximum absolute atomic E-state index is 13.4. The van der Waals surface area contributed by atoms with Crippen LogP contribution in [0.1, 0.15) is 10.4 Å². The summed E-state index contributed by atoms with van der Waals surface area (Å²) in [7, 11) is 0. The molecule has 0 aliphatic heterocycles. The van der Waals surface area contributed by atoms with Gasteiger partial charge in [-0.3, -0.25) is 4.79 Å². The maximum Gasteiger partial charge on any atom is 0.195 e. The van der Waals surface area contributed by atoms with Crippen molar-refractivity contribution in [2.45, 2.75) is 0 Å². The Morgan fingerprint density at radius 1 is 0.941 bits per heavy atom. The zero-order valence-corrected chi connectivity index (χ0v) is 8.58. The molecule has 0 unspecified atom stereocenters. The van der Waals surface area contributed by atoms with Crippen LogP contribution in [0.3, 0.4) is 0 Å². The van der Waals surface area contributed by atoms with Gasteiger partial charge in [-0.15, -0.1) is 0 Å². The molecule has 4 heteroatoms. The second-order valence-corrected chi connectivity index (χ2v) is 3.43. The van der Waals surface area contributed by atoms with Gasteiger partial charge in [0.05, 0.1) is 5.56 Å². The summed E-state index contributed by atoms with van der Waals surface area (Å²) in [4.78, 5) is 10.8. The van der Waals surface area contributed by atoms with Gasteiger partial charge in [-0.05, 0) is 17.2 Å². The zero-order chi connectivity index (χ0) is 12.4. The number of aldehydes is 1. The quantitative estimate of drug-likeness (QED) is 0.575. The van der Waals surface area contributed by atoms with Gasteiger partial charge in [-0.2, -0.15) is 0 Å². The van der Waals surface area contributed by atoms with E-state index < -0.39 is 23.0 Å². The monoisotopic (exact) mass is 236 g/mol. The van der Waals surface area contributed by atoms with Crippen molar-refractivity contribution < 1.29 is 18.0 Å². The number of benzene rings is 2. The Balaban J connectivity index is 2.74. The molecule has 2 aromatic carbocycles. The maximum atomic E-state index is 13.4. The van der Waals surface area contributed by atoms with E-state index in [1.807, 2.05) is 0 Å².